The molecule has 24 heavy (non-hydrogen) atoms. The van der Waals surface area contributed by atoms with Crippen molar-refractivity contribution in [2.24, 2.45) is 0 Å². The van der Waals surface area contributed by atoms with E-state index >= 15 is 0 Å². The van der Waals surface area contributed by atoms with Crippen LogP contribution in [0.1, 0.15) is 38.5 Å². The molecule has 0 bridgehead atoms. The molecular formula is C16H22N4O4. The van der Waals surface area contributed by atoms with E-state index in [0.717, 1.165) is 19.3 Å². The van der Waals surface area contributed by atoms with Gasteiger partial charge in [0.1, 0.15) is 0 Å². The monoisotopic (exact) mass is 334 g/mol. The molecule has 0 radical (unpaired) electrons. The average molecular weight is 334 g/mol. The number of pyridine rings is 1. The zero-order valence-electron chi connectivity index (χ0n) is 13.5. The predicted molar refractivity (Wildman–Crippen MR) is 87.8 cm³/mol. The van der Waals surface area contributed by atoms with Gasteiger partial charge in [0.25, 0.3) is 0 Å². The van der Waals surface area contributed by atoms with Crippen molar-refractivity contribution in [3.8, 4) is 0 Å². The molecule has 0 saturated carbocycles. The molecule has 2 N–H and O–H groups in total. The molecule has 2 aromatic rings. The van der Waals surface area contributed by atoms with Gasteiger partial charge in [-0.1, -0.05) is 18.9 Å². The second kappa shape index (κ2) is 8.85. The highest BCUT2D eigenvalue weighted by Crippen LogP contribution is 2.02. The fraction of sp³-hybridized carbons (Fsp3) is 0.500. The van der Waals surface area contributed by atoms with Gasteiger partial charge < -0.3 is 10.4 Å². The number of unbranched alkanes of at least 4 members (excludes halogenated alkanes) is 3. The van der Waals surface area contributed by atoms with E-state index in [2.05, 4.69) is 10.4 Å². The second-order valence-electron chi connectivity index (χ2n) is 5.59. The SMILES string of the molecule is O=C(O)CCCCCCNC(=O)CCn1nc2ccccn2c1=O. The summed E-state index contributed by atoms with van der Waals surface area (Å²) >= 11 is 0. The van der Waals surface area contributed by atoms with E-state index in [1.165, 1.54) is 9.08 Å². The van der Waals surface area contributed by atoms with E-state index in [-0.39, 0.29) is 31.0 Å². The van der Waals surface area contributed by atoms with Crippen molar-refractivity contribution < 1.29 is 14.7 Å². The minimum absolute atomic E-state index is 0.121. The van der Waals surface area contributed by atoms with Crippen molar-refractivity contribution in [2.45, 2.75) is 45.1 Å². The zero-order chi connectivity index (χ0) is 17.4. The Morgan fingerprint density at radius 3 is 2.67 bits per heavy atom. The Morgan fingerprint density at radius 2 is 1.92 bits per heavy atom. The van der Waals surface area contributed by atoms with Gasteiger partial charge in [-0.25, -0.2) is 9.48 Å². The number of hydrogen-bond acceptors (Lipinski definition) is 4. The Balaban J connectivity index is 1.65. The number of hydrogen-bond donors (Lipinski definition) is 2. The molecule has 0 atom stereocenters. The topological polar surface area (TPSA) is 106 Å². The van der Waals surface area contributed by atoms with Crippen LogP contribution in [0.25, 0.3) is 5.65 Å². The lowest BCUT2D eigenvalue weighted by Crippen LogP contribution is -2.28. The molecule has 2 heterocycles. The van der Waals surface area contributed by atoms with Crippen LogP contribution in [0.5, 0.6) is 0 Å². The van der Waals surface area contributed by atoms with Crippen LogP contribution in [-0.2, 0) is 16.1 Å². The molecule has 0 saturated heterocycles. The number of amides is 1. The van der Waals surface area contributed by atoms with Crippen LogP contribution >= 0.6 is 0 Å². The Labute approximate surface area is 139 Å². The largest absolute Gasteiger partial charge is 0.481 e. The molecule has 0 unspecified atom stereocenters. The number of aromatic nitrogens is 3. The lowest BCUT2D eigenvalue weighted by molar-refractivity contribution is -0.137. The van der Waals surface area contributed by atoms with Crippen molar-refractivity contribution in [1.29, 1.82) is 0 Å². The number of rotatable bonds is 10. The summed E-state index contributed by atoms with van der Waals surface area (Å²) < 4.78 is 2.73. The number of aliphatic carboxylic acids is 1. The molecule has 8 heteroatoms. The van der Waals surface area contributed by atoms with Crippen molar-refractivity contribution in [2.75, 3.05) is 6.54 Å². The molecule has 0 aliphatic heterocycles. The fourth-order valence-corrected chi connectivity index (χ4v) is 2.39. The smallest absolute Gasteiger partial charge is 0.350 e. The predicted octanol–water partition coefficient (Wildman–Crippen LogP) is 1.04. The first-order chi connectivity index (χ1) is 11.6. The van der Waals surface area contributed by atoms with Gasteiger partial charge >= 0.3 is 11.7 Å². The van der Waals surface area contributed by atoms with Crippen LogP contribution in [0, 0.1) is 0 Å². The molecule has 0 spiro atoms. The number of carboxylic acid groups (broad SMARTS) is 1. The van der Waals surface area contributed by atoms with E-state index in [0.29, 0.717) is 18.6 Å². The third-order valence-electron chi connectivity index (χ3n) is 3.68. The highest BCUT2D eigenvalue weighted by Gasteiger charge is 2.08. The summed E-state index contributed by atoms with van der Waals surface area (Å²) in [6.07, 6.45) is 5.26. The maximum absolute atomic E-state index is 12.0. The molecule has 8 nitrogen and oxygen atoms in total. The van der Waals surface area contributed by atoms with E-state index < -0.39 is 5.97 Å². The summed E-state index contributed by atoms with van der Waals surface area (Å²) in [5, 5.41) is 15.5. The van der Waals surface area contributed by atoms with Gasteiger partial charge in [-0.15, -0.1) is 5.10 Å². The highest BCUT2D eigenvalue weighted by atomic mass is 16.4. The van der Waals surface area contributed by atoms with Crippen molar-refractivity contribution in [3.63, 3.8) is 0 Å². The Hall–Kier alpha value is -2.64. The number of carbonyl (C=O) groups excluding carboxylic acids is 1. The van der Waals surface area contributed by atoms with Crippen LogP contribution < -0.4 is 11.0 Å². The minimum Gasteiger partial charge on any atom is -0.481 e. The van der Waals surface area contributed by atoms with Gasteiger partial charge in [-0.3, -0.25) is 14.0 Å². The summed E-state index contributed by atoms with van der Waals surface area (Å²) in [4.78, 5) is 34.2. The fourth-order valence-electron chi connectivity index (χ4n) is 2.39. The summed E-state index contributed by atoms with van der Waals surface area (Å²) in [6, 6.07) is 5.29. The Morgan fingerprint density at radius 1 is 1.12 bits per heavy atom. The second-order valence-corrected chi connectivity index (χ2v) is 5.59. The van der Waals surface area contributed by atoms with Crippen LogP contribution in [0.15, 0.2) is 29.2 Å². The highest BCUT2D eigenvalue weighted by molar-refractivity contribution is 5.75. The first-order valence-electron chi connectivity index (χ1n) is 8.10. The van der Waals surface area contributed by atoms with Crippen molar-refractivity contribution in [3.05, 3.63) is 34.9 Å². The molecule has 1 amide bonds. The number of aryl methyl sites for hydroxylation is 1. The minimum atomic E-state index is -0.773. The van der Waals surface area contributed by atoms with Gasteiger partial charge in [0.2, 0.25) is 5.91 Å². The zero-order valence-corrected chi connectivity index (χ0v) is 13.5. The first kappa shape index (κ1) is 17.7. The van der Waals surface area contributed by atoms with Gasteiger partial charge in [-0.2, -0.15) is 0 Å². The third kappa shape index (κ3) is 5.22. The Bertz CT molecular complexity index is 750. The molecule has 0 aliphatic carbocycles. The number of nitrogens with one attached hydrogen (secondary N) is 1. The quantitative estimate of drug-likeness (QED) is 0.632. The maximum atomic E-state index is 12.0. The van der Waals surface area contributed by atoms with E-state index in [1.54, 1.807) is 24.4 Å². The molecule has 130 valence electrons. The van der Waals surface area contributed by atoms with Crippen molar-refractivity contribution in [1.82, 2.24) is 19.5 Å². The molecule has 2 aromatic heterocycles. The third-order valence-corrected chi connectivity index (χ3v) is 3.68. The summed E-state index contributed by atoms with van der Waals surface area (Å²) in [5.74, 6) is -0.894. The number of fused-ring (bicyclic) bond motifs is 1. The summed E-state index contributed by atoms with van der Waals surface area (Å²) in [7, 11) is 0. The standard InChI is InChI=1S/C16H22N4O4/c21-14(17-10-5-2-1-3-8-15(22)23)9-12-20-16(24)19-11-6-4-7-13(19)18-20/h4,6-7,11H,1-3,5,8-10,12H2,(H,17,21)(H,22,23). The van der Waals surface area contributed by atoms with Crippen LogP contribution in [0.3, 0.4) is 0 Å². The van der Waals surface area contributed by atoms with E-state index in [1.807, 2.05) is 0 Å². The normalized spacial score (nSPS) is 10.8. The number of carboxylic acids is 1. The van der Waals surface area contributed by atoms with Crippen LogP contribution in [0.4, 0.5) is 0 Å². The van der Waals surface area contributed by atoms with Gasteiger partial charge in [0.05, 0.1) is 6.54 Å². The van der Waals surface area contributed by atoms with Gasteiger partial charge in [-0.05, 0) is 25.0 Å². The van der Waals surface area contributed by atoms with E-state index in [9.17, 15) is 14.4 Å². The molecule has 2 rings (SSSR count). The summed E-state index contributed by atoms with van der Waals surface area (Å²) in [5.41, 5.74) is 0.307. The number of carbonyl (C=O) groups is 2. The maximum Gasteiger partial charge on any atom is 0.350 e. The molecular weight excluding hydrogens is 312 g/mol. The number of nitrogens with zero attached hydrogens (tertiary/aromatic N) is 3. The lowest BCUT2D eigenvalue weighted by atomic mass is 10.1. The molecule has 0 fully saturated rings. The average Bonchev–Trinajstić information content (AvgIpc) is 2.88. The van der Waals surface area contributed by atoms with Gasteiger partial charge in [0.15, 0.2) is 5.65 Å². The lowest BCUT2D eigenvalue weighted by Gasteiger charge is -2.04. The Kier molecular flexibility index (Phi) is 6.53. The van der Waals surface area contributed by atoms with Crippen LogP contribution in [0.2, 0.25) is 0 Å². The van der Waals surface area contributed by atoms with Crippen LogP contribution in [-0.4, -0.2) is 37.7 Å². The summed E-state index contributed by atoms with van der Waals surface area (Å²) in [6.45, 7) is 0.803. The van der Waals surface area contributed by atoms with E-state index in [4.69, 9.17) is 5.11 Å². The van der Waals surface area contributed by atoms with Gasteiger partial charge in [0, 0.05) is 25.6 Å². The molecule has 0 aliphatic rings. The van der Waals surface area contributed by atoms with Crippen molar-refractivity contribution >= 4 is 17.5 Å². The molecule has 0 aromatic carbocycles. The first-order valence-corrected chi connectivity index (χ1v) is 8.10.